The molecule has 0 radical (unpaired) electrons. The van der Waals surface area contributed by atoms with Crippen molar-refractivity contribution in [3.05, 3.63) is 24.0 Å². The topological polar surface area (TPSA) is 32.5 Å². The van der Waals surface area contributed by atoms with Gasteiger partial charge >= 0.3 is 0 Å². The van der Waals surface area contributed by atoms with E-state index < -0.39 is 0 Å². The molecule has 1 unspecified atom stereocenters. The Labute approximate surface area is 108 Å². The van der Waals surface area contributed by atoms with Crippen LogP contribution < -0.4 is 10.6 Å². The van der Waals surface area contributed by atoms with Crippen molar-refractivity contribution in [3.63, 3.8) is 0 Å². The number of benzene rings is 1. The Hall–Kier alpha value is -1.29. The zero-order valence-corrected chi connectivity index (χ0v) is 11.2. The number of nitrogens with two attached hydrogens (primary N) is 1. The minimum Gasteiger partial charge on any atom is -0.396 e. The Kier molecular flexibility index (Phi) is 4.07. The van der Waals surface area contributed by atoms with Gasteiger partial charge in [-0.3, -0.25) is 0 Å². The third-order valence-corrected chi connectivity index (χ3v) is 3.68. The first-order chi connectivity index (χ1) is 8.56. The van der Waals surface area contributed by atoms with Crippen LogP contribution in [0.3, 0.4) is 0 Å². The molecule has 1 fully saturated rings. The van der Waals surface area contributed by atoms with E-state index in [2.05, 4.69) is 16.8 Å². The van der Waals surface area contributed by atoms with Crippen LogP contribution in [-0.4, -0.2) is 38.6 Å². The molecule has 4 heteroatoms. The number of nitrogens with zero attached hydrogens (tertiary/aromatic N) is 2. The van der Waals surface area contributed by atoms with E-state index in [9.17, 15) is 4.39 Å². The summed E-state index contributed by atoms with van der Waals surface area (Å²) in [7, 11) is 4.18. The number of hydrogen-bond donors (Lipinski definition) is 1. The van der Waals surface area contributed by atoms with Crippen LogP contribution in [0.15, 0.2) is 18.2 Å². The highest BCUT2D eigenvalue weighted by atomic mass is 19.1. The van der Waals surface area contributed by atoms with Gasteiger partial charge in [-0.1, -0.05) is 0 Å². The SMILES string of the molecule is CN1CCCC(CN(C)c2ccc(N)c(F)c2)C1. The summed E-state index contributed by atoms with van der Waals surface area (Å²) in [5, 5.41) is 0. The Morgan fingerprint density at radius 1 is 1.50 bits per heavy atom. The second-order valence-corrected chi connectivity index (χ2v) is 5.36. The highest BCUT2D eigenvalue weighted by Gasteiger charge is 2.19. The lowest BCUT2D eigenvalue weighted by Gasteiger charge is -2.33. The molecule has 18 heavy (non-hydrogen) atoms. The molecule has 1 aliphatic heterocycles. The zero-order valence-electron chi connectivity index (χ0n) is 11.2. The smallest absolute Gasteiger partial charge is 0.148 e. The van der Waals surface area contributed by atoms with E-state index in [1.54, 1.807) is 6.07 Å². The summed E-state index contributed by atoms with van der Waals surface area (Å²) < 4.78 is 13.4. The zero-order chi connectivity index (χ0) is 13.1. The van der Waals surface area contributed by atoms with E-state index in [0.29, 0.717) is 5.92 Å². The minimum absolute atomic E-state index is 0.213. The molecule has 0 aliphatic carbocycles. The average molecular weight is 251 g/mol. The minimum atomic E-state index is -0.333. The maximum Gasteiger partial charge on any atom is 0.148 e. The monoisotopic (exact) mass is 251 g/mol. The number of nitrogen functional groups attached to an aromatic ring is 1. The van der Waals surface area contributed by atoms with Gasteiger partial charge in [0.2, 0.25) is 0 Å². The Morgan fingerprint density at radius 2 is 2.28 bits per heavy atom. The largest absolute Gasteiger partial charge is 0.396 e. The molecule has 1 aromatic carbocycles. The molecular formula is C14H22FN3. The highest BCUT2D eigenvalue weighted by Crippen LogP contribution is 2.22. The summed E-state index contributed by atoms with van der Waals surface area (Å²) in [6.45, 7) is 3.28. The predicted molar refractivity (Wildman–Crippen MR) is 74.3 cm³/mol. The van der Waals surface area contributed by atoms with Gasteiger partial charge in [-0.15, -0.1) is 0 Å². The Morgan fingerprint density at radius 3 is 2.94 bits per heavy atom. The van der Waals surface area contributed by atoms with Crippen LogP contribution in [0.25, 0.3) is 0 Å². The first kappa shape index (κ1) is 13.1. The molecule has 2 N–H and O–H groups in total. The molecule has 0 aromatic heterocycles. The number of anilines is 2. The maximum absolute atomic E-state index is 13.4. The lowest BCUT2D eigenvalue weighted by Crippen LogP contribution is -2.38. The van der Waals surface area contributed by atoms with Gasteiger partial charge in [0.05, 0.1) is 5.69 Å². The first-order valence-electron chi connectivity index (χ1n) is 6.51. The van der Waals surface area contributed by atoms with Crippen molar-refractivity contribution in [2.24, 2.45) is 5.92 Å². The summed E-state index contributed by atoms with van der Waals surface area (Å²) in [6, 6.07) is 5.03. The number of rotatable bonds is 3. The molecule has 1 saturated heterocycles. The van der Waals surface area contributed by atoms with Crippen molar-refractivity contribution in [1.82, 2.24) is 4.90 Å². The van der Waals surface area contributed by atoms with Crippen molar-refractivity contribution in [2.75, 3.05) is 44.4 Å². The van der Waals surface area contributed by atoms with Crippen molar-refractivity contribution in [3.8, 4) is 0 Å². The van der Waals surface area contributed by atoms with Gasteiger partial charge in [-0.05, 0) is 50.6 Å². The van der Waals surface area contributed by atoms with Crippen LogP contribution in [-0.2, 0) is 0 Å². The Balaban J connectivity index is 1.98. The quantitative estimate of drug-likeness (QED) is 0.836. The van der Waals surface area contributed by atoms with Gasteiger partial charge in [-0.2, -0.15) is 0 Å². The molecule has 1 heterocycles. The molecule has 0 saturated carbocycles. The predicted octanol–water partition coefficient (Wildman–Crippen LogP) is 2.19. The fraction of sp³-hybridized carbons (Fsp3) is 0.571. The molecule has 0 spiro atoms. The van der Waals surface area contributed by atoms with Gasteiger partial charge in [0.15, 0.2) is 0 Å². The maximum atomic E-state index is 13.4. The summed E-state index contributed by atoms with van der Waals surface area (Å²) in [4.78, 5) is 4.48. The Bertz CT molecular complexity index is 408. The lowest BCUT2D eigenvalue weighted by atomic mass is 9.98. The first-order valence-corrected chi connectivity index (χ1v) is 6.51. The highest BCUT2D eigenvalue weighted by molar-refractivity contribution is 5.53. The molecule has 1 aromatic rings. The van der Waals surface area contributed by atoms with Crippen LogP contribution >= 0.6 is 0 Å². The molecule has 0 amide bonds. The molecule has 0 bridgehead atoms. The average Bonchev–Trinajstić information content (AvgIpc) is 2.32. The van der Waals surface area contributed by atoms with E-state index in [0.717, 1.165) is 18.8 Å². The second-order valence-electron chi connectivity index (χ2n) is 5.36. The van der Waals surface area contributed by atoms with Gasteiger partial charge in [0.1, 0.15) is 5.82 Å². The van der Waals surface area contributed by atoms with E-state index in [4.69, 9.17) is 5.73 Å². The molecular weight excluding hydrogens is 229 g/mol. The second kappa shape index (κ2) is 5.57. The normalized spacial score (nSPS) is 20.9. The van der Waals surface area contributed by atoms with Crippen molar-refractivity contribution >= 4 is 11.4 Å². The van der Waals surface area contributed by atoms with Crippen LogP contribution in [0.2, 0.25) is 0 Å². The number of halogens is 1. The molecule has 2 rings (SSSR count). The van der Waals surface area contributed by atoms with Crippen molar-refractivity contribution in [1.29, 1.82) is 0 Å². The van der Waals surface area contributed by atoms with Crippen LogP contribution in [0.5, 0.6) is 0 Å². The van der Waals surface area contributed by atoms with E-state index >= 15 is 0 Å². The molecule has 1 aliphatic rings. The summed E-state index contributed by atoms with van der Waals surface area (Å²) in [6.07, 6.45) is 2.51. The van der Waals surface area contributed by atoms with Crippen LogP contribution in [0.4, 0.5) is 15.8 Å². The third-order valence-electron chi connectivity index (χ3n) is 3.68. The van der Waals surface area contributed by atoms with Gasteiger partial charge in [0, 0.05) is 25.8 Å². The third kappa shape index (κ3) is 3.13. The summed E-state index contributed by atoms with van der Waals surface area (Å²) in [5.41, 5.74) is 6.60. The molecule has 100 valence electrons. The fourth-order valence-electron chi connectivity index (χ4n) is 2.67. The molecule has 1 atom stereocenters. The van der Waals surface area contributed by atoms with Gasteiger partial charge in [0.25, 0.3) is 0 Å². The van der Waals surface area contributed by atoms with E-state index in [1.165, 1.54) is 25.5 Å². The lowest BCUT2D eigenvalue weighted by molar-refractivity contribution is 0.213. The van der Waals surface area contributed by atoms with Gasteiger partial charge < -0.3 is 15.5 Å². The number of hydrogen-bond acceptors (Lipinski definition) is 3. The summed E-state index contributed by atoms with van der Waals surface area (Å²) in [5.74, 6) is 0.328. The standard InChI is InChI=1S/C14H22FN3/c1-17-7-3-4-11(9-17)10-18(2)12-5-6-14(16)13(15)8-12/h5-6,8,11H,3-4,7,9-10,16H2,1-2H3. The van der Waals surface area contributed by atoms with Crippen LogP contribution in [0.1, 0.15) is 12.8 Å². The number of piperidine rings is 1. The fourth-order valence-corrected chi connectivity index (χ4v) is 2.67. The number of likely N-dealkylation sites (tertiary alicyclic amines) is 1. The van der Waals surface area contributed by atoms with Crippen LogP contribution in [0, 0.1) is 11.7 Å². The van der Waals surface area contributed by atoms with E-state index in [1.807, 2.05) is 13.1 Å². The van der Waals surface area contributed by atoms with Crippen molar-refractivity contribution < 1.29 is 4.39 Å². The van der Waals surface area contributed by atoms with E-state index in [-0.39, 0.29) is 11.5 Å². The molecule has 3 nitrogen and oxygen atoms in total. The van der Waals surface area contributed by atoms with Crippen molar-refractivity contribution in [2.45, 2.75) is 12.8 Å². The van der Waals surface area contributed by atoms with Gasteiger partial charge in [-0.25, -0.2) is 4.39 Å². The summed E-state index contributed by atoms with van der Waals surface area (Å²) >= 11 is 0.